The first-order valence-corrected chi connectivity index (χ1v) is 11.7. The normalized spacial score (nSPS) is 46.2. The van der Waals surface area contributed by atoms with Crippen molar-refractivity contribution in [3.05, 3.63) is 11.6 Å². The summed E-state index contributed by atoms with van der Waals surface area (Å²) in [5.41, 5.74) is 1.11. The van der Waals surface area contributed by atoms with Gasteiger partial charge in [0, 0.05) is 17.8 Å². The Morgan fingerprint density at radius 3 is 2.48 bits per heavy atom. The zero-order valence-corrected chi connectivity index (χ0v) is 18.0. The summed E-state index contributed by atoms with van der Waals surface area (Å²) in [5, 5.41) is 0. The fourth-order valence-electron chi connectivity index (χ4n) is 7.97. The maximum Gasteiger partial charge on any atom is 0.309 e. The SMILES string of the molecule is CC(=O)[C@H]1CC[C@H]2[C@@H]3CCC4=CC(=O)CC(OC(=O)C5CC5)[C@]4(C)[C@H]3CC[C@]12C. The van der Waals surface area contributed by atoms with E-state index in [1.54, 1.807) is 6.92 Å². The van der Waals surface area contributed by atoms with Crippen molar-refractivity contribution in [2.45, 2.75) is 84.7 Å². The Bertz CT molecular complexity index is 793. The van der Waals surface area contributed by atoms with Gasteiger partial charge in [0.25, 0.3) is 0 Å². The first-order chi connectivity index (χ1) is 13.7. The highest BCUT2D eigenvalue weighted by atomic mass is 16.5. The third-order valence-electron chi connectivity index (χ3n) is 9.70. The number of fused-ring (bicyclic) bond motifs is 5. The van der Waals surface area contributed by atoms with E-state index in [1.165, 1.54) is 5.57 Å². The number of Topliss-reactive ketones (excluding diaryl/α,β-unsaturated/α-hetero) is 1. The van der Waals surface area contributed by atoms with E-state index < -0.39 is 0 Å². The molecule has 4 fully saturated rings. The summed E-state index contributed by atoms with van der Waals surface area (Å²) in [4.78, 5) is 37.3. The van der Waals surface area contributed by atoms with E-state index in [0.717, 1.165) is 51.4 Å². The molecule has 29 heavy (non-hydrogen) atoms. The second-order valence-corrected chi connectivity index (χ2v) is 11.0. The minimum absolute atomic E-state index is 0.0586. The number of ketones is 2. The Hall–Kier alpha value is -1.45. The van der Waals surface area contributed by atoms with E-state index in [1.807, 2.05) is 6.08 Å². The standard InChI is InChI=1S/C25H34O4/c1-14(26)19-8-9-20-18-7-6-16-12-17(27)13-22(29-23(28)15-4-5-15)25(16,3)21(18)10-11-24(19,20)2/h12,15,18-22H,4-11,13H2,1-3H3/t18-,19+,20-,21-,22?,24+,25-/m0/s1. The van der Waals surface area contributed by atoms with Gasteiger partial charge in [-0.25, -0.2) is 0 Å². The molecule has 5 aliphatic carbocycles. The van der Waals surface area contributed by atoms with Crippen molar-refractivity contribution in [1.29, 1.82) is 0 Å². The number of esters is 1. The molecule has 0 radical (unpaired) electrons. The molecular weight excluding hydrogens is 364 g/mol. The molecule has 7 atom stereocenters. The van der Waals surface area contributed by atoms with Gasteiger partial charge in [-0.1, -0.05) is 19.4 Å². The molecule has 4 nitrogen and oxygen atoms in total. The van der Waals surface area contributed by atoms with Crippen molar-refractivity contribution < 1.29 is 19.1 Å². The van der Waals surface area contributed by atoms with E-state index in [4.69, 9.17) is 4.74 Å². The van der Waals surface area contributed by atoms with Gasteiger partial charge in [0.2, 0.25) is 0 Å². The van der Waals surface area contributed by atoms with Gasteiger partial charge in [-0.2, -0.15) is 0 Å². The molecule has 5 rings (SSSR count). The zero-order chi connectivity index (χ0) is 20.6. The van der Waals surface area contributed by atoms with Crippen LogP contribution in [0.4, 0.5) is 0 Å². The fraction of sp³-hybridized carbons (Fsp3) is 0.800. The zero-order valence-electron chi connectivity index (χ0n) is 18.0. The highest BCUT2D eigenvalue weighted by molar-refractivity contribution is 5.92. The van der Waals surface area contributed by atoms with Gasteiger partial charge in [0.05, 0.1) is 5.92 Å². The van der Waals surface area contributed by atoms with Crippen LogP contribution in [0, 0.1) is 40.4 Å². The van der Waals surface area contributed by atoms with Crippen LogP contribution in [0.25, 0.3) is 0 Å². The van der Waals surface area contributed by atoms with Crippen molar-refractivity contribution >= 4 is 17.5 Å². The first kappa shape index (κ1) is 19.5. The number of ether oxygens (including phenoxy) is 1. The third-order valence-corrected chi connectivity index (χ3v) is 9.70. The fourth-order valence-corrected chi connectivity index (χ4v) is 7.97. The van der Waals surface area contributed by atoms with Gasteiger partial charge in [-0.05, 0) is 87.5 Å². The van der Waals surface area contributed by atoms with Gasteiger partial charge >= 0.3 is 5.97 Å². The number of hydrogen-bond acceptors (Lipinski definition) is 4. The molecule has 0 bridgehead atoms. The van der Waals surface area contributed by atoms with Crippen molar-refractivity contribution in [3.63, 3.8) is 0 Å². The number of hydrogen-bond donors (Lipinski definition) is 0. The van der Waals surface area contributed by atoms with E-state index in [9.17, 15) is 14.4 Å². The van der Waals surface area contributed by atoms with E-state index in [0.29, 0.717) is 30.0 Å². The van der Waals surface area contributed by atoms with Crippen LogP contribution in [0.1, 0.15) is 78.6 Å². The van der Waals surface area contributed by atoms with Gasteiger partial charge in [0.15, 0.2) is 5.78 Å². The second-order valence-electron chi connectivity index (χ2n) is 11.0. The van der Waals surface area contributed by atoms with Gasteiger partial charge in [0.1, 0.15) is 11.9 Å². The Balaban J connectivity index is 1.47. The van der Waals surface area contributed by atoms with Crippen molar-refractivity contribution in [3.8, 4) is 0 Å². The first-order valence-electron chi connectivity index (χ1n) is 11.7. The summed E-state index contributed by atoms with van der Waals surface area (Å²) in [6.07, 6.45) is 10.1. The minimum Gasteiger partial charge on any atom is -0.461 e. The Labute approximate surface area is 173 Å². The summed E-state index contributed by atoms with van der Waals surface area (Å²) >= 11 is 0. The number of carbonyl (C=O) groups excluding carboxylic acids is 3. The van der Waals surface area contributed by atoms with Gasteiger partial charge < -0.3 is 4.74 Å². The van der Waals surface area contributed by atoms with Crippen molar-refractivity contribution in [1.82, 2.24) is 0 Å². The largest absolute Gasteiger partial charge is 0.461 e. The predicted molar refractivity (Wildman–Crippen MR) is 109 cm³/mol. The molecule has 0 aromatic rings. The molecule has 1 unspecified atom stereocenters. The Morgan fingerprint density at radius 2 is 1.79 bits per heavy atom. The van der Waals surface area contributed by atoms with Gasteiger partial charge in [-0.15, -0.1) is 0 Å². The van der Waals surface area contributed by atoms with Crippen LogP contribution in [-0.4, -0.2) is 23.6 Å². The molecule has 0 heterocycles. The molecule has 5 aliphatic rings. The molecule has 4 saturated carbocycles. The average molecular weight is 399 g/mol. The van der Waals surface area contributed by atoms with Gasteiger partial charge in [-0.3, -0.25) is 14.4 Å². The average Bonchev–Trinajstić information content (AvgIpc) is 3.44. The molecule has 0 saturated heterocycles. The third kappa shape index (κ3) is 2.80. The lowest BCUT2D eigenvalue weighted by Crippen LogP contribution is -2.56. The highest BCUT2D eigenvalue weighted by Gasteiger charge is 2.62. The minimum atomic E-state index is -0.315. The number of carbonyl (C=O) groups is 3. The van der Waals surface area contributed by atoms with E-state index >= 15 is 0 Å². The summed E-state index contributed by atoms with van der Waals surface area (Å²) in [7, 11) is 0. The molecule has 0 aromatic carbocycles. The molecule has 158 valence electrons. The summed E-state index contributed by atoms with van der Waals surface area (Å²) in [5.74, 6) is 2.22. The quantitative estimate of drug-likeness (QED) is 0.649. The van der Waals surface area contributed by atoms with Crippen LogP contribution in [0.5, 0.6) is 0 Å². The topological polar surface area (TPSA) is 60.4 Å². The van der Waals surface area contributed by atoms with Crippen LogP contribution in [0.2, 0.25) is 0 Å². The van der Waals surface area contributed by atoms with E-state index in [-0.39, 0.29) is 40.5 Å². The lowest BCUT2D eigenvalue weighted by Gasteiger charge is -2.59. The van der Waals surface area contributed by atoms with E-state index in [2.05, 4.69) is 13.8 Å². The molecule has 0 spiro atoms. The summed E-state index contributed by atoms with van der Waals surface area (Å²) in [6.45, 7) is 6.40. The number of rotatable bonds is 3. The van der Waals surface area contributed by atoms with Crippen LogP contribution < -0.4 is 0 Å². The van der Waals surface area contributed by atoms with Crippen molar-refractivity contribution in [2.24, 2.45) is 40.4 Å². The summed E-state index contributed by atoms with van der Waals surface area (Å²) < 4.78 is 6.05. The molecule has 0 amide bonds. The maximum atomic E-state index is 12.5. The van der Waals surface area contributed by atoms with Crippen LogP contribution in [0.3, 0.4) is 0 Å². The second kappa shape index (κ2) is 6.52. The summed E-state index contributed by atoms with van der Waals surface area (Å²) in [6, 6.07) is 0. The molecular formula is C25H34O4. The van der Waals surface area contributed by atoms with Crippen molar-refractivity contribution in [2.75, 3.05) is 0 Å². The maximum absolute atomic E-state index is 12.5. The Kier molecular flexibility index (Phi) is 4.39. The monoisotopic (exact) mass is 398 g/mol. The highest BCUT2D eigenvalue weighted by Crippen LogP contribution is 2.67. The molecule has 0 aliphatic heterocycles. The molecule has 4 heteroatoms. The lowest BCUT2D eigenvalue weighted by atomic mass is 9.46. The Morgan fingerprint density at radius 1 is 1.03 bits per heavy atom. The van der Waals surface area contributed by atoms with Crippen LogP contribution >= 0.6 is 0 Å². The van der Waals surface area contributed by atoms with Crippen LogP contribution in [0.15, 0.2) is 11.6 Å². The molecule has 0 aromatic heterocycles. The lowest BCUT2D eigenvalue weighted by molar-refractivity contribution is -0.168. The van der Waals surface area contributed by atoms with Crippen LogP contribution in [-0.2, 0) is 19.1 Å². The predicted octanol–water partition coefficient (Wildman–Crippen LogP) is 4.66. The smallest absolute Gasteiger partial charge is 0.309 e. The molecule has 0 N–H and O–H groups in total.